The number of benzene rings is 2. The molecule has 0 aliphatic carbocycles. The molecule has 0 aliphatic heterocycles. The van der Waals surface area contributed by atoms with E-state index in [4.69, 9.17) is 11.6 Å². The van der Waals surface area contributed by atoms with Gasteiger partial charge in [0.05, 0.1) is 11.4 Å². The highest BCUT2D eigenvalue weighted by Gasteiger charge is 2.17. The number of nitrogens with one attached hydrogen (secondary N) is 2. The Hall–Kier alpha value is -2.05. The number of amides is 1. The zero-order valence-corrected chi connectivity index (χ0v) is 15.3. The van der Waals surface area contributed by atoms with E-state index in [9.17, 15) is 13.2 Å². The highest BCUT2D eigenvalue weighted by Crippen LogP contribution is 2.26. The Labute approximate surface area is 147 Å². The Bertz CT molecular complexity index is 862. The van der Waals surface area contributed by atoms with Crippen LogP contribution in [0.25, 0.3) is 0 Å². The fourth-order valence-electron chi connectivity index (χ4n) is 2.50. The largest absolute Gasteiger partial charge is 0.376 e. The number of hydrogen-bond acceptors (Lipinski definition) is 4. The molecule has 0 radical (unpaired) electrons. The lowest BCUT2D eigenvalue weighted by Gasteiger charge is -2.14. The van der Waals surface area contributed by atoms with Crippen LogP contribution in [0.1, 0.15) is 11.1 Å². The number of hydrogen-bond donors (Lipinski definition) is 2. The van der Waals surface area contributed by atoms with Crippen molar-refractivity contribution in [2.24, 2.45) is 0 Å². The molecule has 0 spiro atoms. The molecule has 24 heavy (non-hydrogen) atoms. The van der Waals surface area contributed by atoms with Gasteiger partial charge in [-0.05, 0) is 55.3 Å². The third-order valence-electron chi connectivity index (χ3n) is 3.54. The van der Waals surface area contributed by atoms with Crippen molar-refractivity contribution in [3.05, 3.63) is 52.5 Å². The van der Waals surface area contributed by atoms with Crippen molar-refractivity contribution in [1.82, 2.24) is 0 Å². The van der Waals surface area contributed by atoms with Crippen molar-refractivity contribution in [1.29, 1.82) is 0 Å². The molecule has 0 aliphatic rings. The molecule has 1 amide bonds. The molecule has 0 fully saturated rings. The van der Waals surface area contributed by atoms with Crippen LogP contribution in [-0.4, -0.2) is 27.1 Å². The lowest BCUT2D eigenvalue weighted by atomic mass is 10.1. The Morgan fingerprint density at radius 3 is 2.29 bits per heavy atom. The quantitative estimate of drug-likeness (QED) is 0.850. The van der Waals surface area contributed by atoms with E-state index in [2.05, 4.69) is 10.6 Å². The average Bonchev–Trinajstić information content (AvgIpc) is 2.47. The second-order valence-corrected chi connectivity index (χ2v) is 7.95. The molecule has 0 saturated heterocycles. The van der Waals surface area contributed by atoms with Gasteiger partial charge in [-0.2, -0.15) is 0 Å². The summed E-state index contributed by atoms with van der Waals surface area (Å²) in [5.41, 5.74) is 2.55. The van der Waals surface area contributed by atoms with Crippen LogP contribution in [0.15, 0.2) is 41.3 Å². The van der Waals surface area contributed by atoms with Gasteiger partial charge in [0, 0.05) is 22.7 Å². The molecule has 0 bridgehead atoms. The van der Waals surface area contributed by atoms with Crippen LogP contribution >= 0.6 is 11.6 Å². The minimum Gasteiger partial charge on any atom is -0.376 e. The Balaban J connectivity index is 2.09. The maximum Gasteiger partial charge on any atom is 0.243 e. The highest BCUT2D eigenvalue weighted by atomic mass is 35.5. The third kappa shape index (κ3) is 4.49. The summed E-state index contributed by atoms with van der Waals surface area (Å²) in [7, 11) is -3.33. The summed E-state index contributed by atoms with van der Waals surface area (Å²) in [6, 6.07) is 10.3. The number of anilines is 2. The number of halogens is 1. The molecular formula is C17H19ClN2O3S. The van der Waals surface area contributed by atoms with Crippen molar-refractivity contribution in [3.63, 3.8) is 0 Å². The predicted molar refractivity (Wildman–Crippen MR) is 97.6 cm³/mol. The second-order valence-electron chi connectivity index (χ2n) is 5.56. The Kier molecular flexibility index (Phi) is 5.51. The summed E-state index contributed by atoms with van der Waals surface area (Å²) in [6.07, 6.45) is 1.18. The molecule has 2 N–H and O–H groups in total. The van der Waals surface area contributed by atoms with E-state index < -0.39 is 9.84 Å². The van der Waals surface area contributed by atoms with E-state index in [1.807, 2.05) is 0 Å². The Morgan fingerprint density at radius 2 is 1.71 bits per heavy atom. The molecule has 0 aromatic heterocycles. The average molecular weight is 367 g/mol. The fourth-order valence-corrected chi connectivity index (χ4v) is 3.95. The molecule has 0 unspecified atom stereocenters. The Morgan fingerprint density at radius 1 is 1.08 bits per heavy atom. The lowest BCUT2D eigenvalue weighted by Crippen LogP contribution is -2.22. The minimum atomic E-state index is -3.33. The summed E-state index contributed by atoms with van der Waals surface area (Å²) < 4.78 is 23.8. The standard InChI is InChI=1S/C17H19ClN2O3S/c1-11-4-9-15(12(2)17(11)24(3,22)23)19-10-16(21)20-14-7-5-13(18)6-8-14/h4-9,19H,10H2,1-3H3,(H,20,21). The molecule has 7 heteroatoms. The number of carbonyl (C=O) groups is 1. The smallest absolute Gasteiger partial charge is 0.243 e. The lowest BCUT2D eigenvalue weighted by molar-refractivity contribution is -0.114. The van der Waals surface area contributed by atoms with E-state index in [-0.39, 0.29) is 12.5 Å². The highest BCUT2D eigenvalue weighted by molar-refractivity contribution is 7.90. The summed E-state index contributed by atoms with van der Waals surface area (Å²) in [5.74, 6) is -0.238. The van der Waals surface area contributed by atoms with Crippen LogP contribution in [0.4, 0.5) is 11.4 Å². The van der Waals surface area contributed by atoms with Gasteiger partial charge in [0.15, 0.2) is 9.84 Å². The van der Waals surface area contributed by atoms with Crippen LogP contribution in [0, 0.1) is 13.8 Å². The van der Waals surface area contributed by atoms with Crippen molar-refractivity contribution >= 4 is 38.7 Å². The predicted octanol–water partition coefficient (Wildman–Crippen LogP) is 3.41. The van der Waals surface area contributed by atoms with Crippen LogP contribution in [0.3, 0.4) is 0 Å². The molecule has 5 nitrogen and oxygen atoms in total. The van der Waals surface area contributed by atoms with Gasteiger partial charge < -0.3 is 10.6 Å². The van der Waals surface area contributed by atoms with Gasteiger partial charge in [0.1, 0.15) is 0 Å². The molecule has 0 atom stereocenters. The first-order valence-electron chi connectivity index (χ1n) is 7.28. The zero-order valence-electron chi connectivity index (χ0n) is 13.7. The molecular weight excluding hydrogens is 348 g/mol. The van der Waals surface area contributed by atoms with E-state index in [0.717, 1.165) is 0 Å². The van der Waals surface area contributed by atoms with E-state index in [1.54, 1.807) is 50.2 Å². The van der Waals surface area contributed by atoms with Crippen LogP contribution in [0.5, 0.6) is 0 Å². The third-order valence-corrected chi connectivity index (χ3v) is 5.16. The maximum absolute atomic E-state index is 12.0. The van der Waals surface area contributed by atoms with E-state index in [0.29, 0.717) is 32.4 Å². The summed E-state index contributed by atoms with van der Waals surface area (Å²) >= 11 is 5.80. The van der Waals surface area contributed by atoms with Crippen molar-refractivity contribution < 1.29 is 13.2 Å². The zero-order chi connectivity index (χ0) is 17.9. The molecule has 2 rings (SSSR count). The van der Waals surface area contributed by atoms with Crippen LogP contribution < -0.4 is 10.6 Å². The van der Waals surface area contributed by atoms with Gasteiger partial charge >= 0.3 is 0 Å². The second kappa shape index (κ2) is 7.23. The van der Waals surface area contributed by atoms with Crippen LogP contribution in [-0.2, 0) is 14.6 Å². The van der Waals surface area contributed by atoms with Gasteiger partial charge in [0.2, 0.25) is 5.91 Å². The normalized spacial score (nSPS) is 11.2. The molecule has 2 aromatic rings. The number of sulfone groups is 1. The monoisotopic (exact) mass is 366 g/mol. The van der Waals surface area contributed by atoms with Gasteiger partial charge in [-0.25, -0.2) is 8.42 Å². The maximum atomic E-state index is 12.0. The summed E-state index contributed by atoms with van der Waals surface area (Å²) in [5, 5.41) is 6.31. The van der Waals surface area contributed by atoms with E-state index in [1.165, 1.54) is 6.26 Å². The minimum absolute atomic E-state index is 0.0235. The van der Waals surface area contributed by atoms with Gasteiger partial charge in [0.25, 0.3) is 0 Å². The SMILES string of the molecule is Cc1ccc(NCC(=O)Nc2ccc(Cl)cc2)c(C)c1S(C)(=O)=O. The molecule has 0 saturated carbocycles. The first-order chi connectivity index (χ1) is 11.2. The summed E-state index contributed by atoms with van der Waals surface area (Å²) in [6.45, 7) is 3.50. The van der Waals surface area contributed by atoms with Gasteiger partial charge in [-0.1, -0.05) is 17.7 Å². The summed E-state index contributed by atoms with van der Waals surface area (Å²) in [4.78, 5) is 12.3. The van der Waals surface area contributed by atoms with Gasteiger partial charge in [-0.3, -0.25) is 4.79 Å². The van der Waals surface area contributed by atoms with Crippen LogP contribution in [0.2, 0.25) is 5.02 Å². The first kappa shape index (κ1) is 18.3. The number of carbonyl (C=O) groups excluding carboxylic acids is 1. The molecule has 128 valence electrons. The fraction of sp³-hybridized carbons (Fsp3) is 0.235. The molecule has 2 aromatic carbocycles. The van der Waals surface area contributed by atoms with Crippen molar-refractivity contribution in [2.45, 2.75) is 18.7 Å². The van der Waals surface area contributed by atoms with E-state index >= 15 is 0 Å². The van der Waals surface area contributed by atoms with Gasteiger partial charge in [-0.15, -0.1) is 0 Å². The van der Waals surface area contributed by atoms with Crippen molar-refractivity contribution in [2.75, 3.05) is 23.4 Å². The molecule has 0 heterocycles. The number of rotatable bonds is 5. The number of aryl methyl sites for hydroxylation is 1. The topological polar surface area (TPSA) is 75.3 Å². The first-order valence-corrected chi connectivity index (χ1v) is 9.55. The van der Waals surface area contributed by atoms with Crippen molar-refractivity contribution in [3.8, 4) is 0 Å².